The Labute approximate surface area is 122 Å². The Morgan fingerprint density at radius 2 is 2.14 bits per heavy atom. The average Bonchev–Trinajstić information content (AvgIpc) is 2.87. The summed E-state index contributed by atoms with van der Waals surface area (Å²) < 4.78 is 37.7. The fraction of sp³-hybridized carbons (Fsp3) is 0.231. The van der Waals surface area contributed by atoms with Crippen molar-refractivity contribution in [3.8, 4) is 0 Å². The van der Waals surface area contributed by atoms with Crippen LogP contribution < -0.4 is 11.1 Å². The number of carbonyl (C=O) groups excluding carboxylic acids is 1. The maximum Gasteiger partial charge on any atom is 0.416 e. The number of aromatic nitrogens is 1. The summed E-state index contributed by atoms with van der Waals surface area (Å²) in [5.41, 5.74) is 4.81. The van der Waals surface area contributed by atoms with Gasteiger partial charge in [0.25, 0.3) is 5.91 Å². The zero-order chi connectivity index (χ0) is 15.5. The second kappa shape index (κ2) is 6.23. The minimum absolute atomic E-state index is 0.0724. The van der Waals surface area contributed by atoms with E-state index in [4.69, 9.17) is 5.73 Å². The number of halogens is 3. The maximum absolute atomic E-state index is 12.6. The lowest BCUT2D eigenvalue weighted by atomic mass is 10.2. The van der Waals surface area contributed by atoms with Crippen LogP contribution in [0.25, 0.3) is 0 Å². The molecule has 3 N–H and O–H groups in total. The summed E-state index contributed by atoms with van der Waals surface area (Å²) >= 11 is 1.29. The zero-order valence-corrected chi connectivity index (χ0v) is 11.6. The number of nitrogens with zero attached hydrogens (tertiary/aromatic N) is 1. The van der Waals surface area contributed by atoms with E-state index in [0.717, 1.165) is 12.1 Å². The van der Waals surface area contributed by atoms with Gasteiger partial charge in [0.2, 0.25) is 0 Å². The predicted molar refractivity (Wildman–Crippen MR) is 74.3 cm³/mol. The van der Waals surface area contributed by atoms with Crippen molar-refractivity contribution in [2.24, 2.45) is 5.73 Å². The molecule has 0 aliphatic carbocycles. The van der Waals surface area contributed by atoms with E-state index in [9.17, 15) is 18.0 Å². The van der Waals surface area contributed by atoms with E-state index >= 15 is 0 Å². The van der Waals surface area contributed by atoms with Crippen molar-refractivity contribution in [3.63, 3.8) is 0 Å². The van der Waals surface area contributed by atoms with Crippen LogP contribution in [0.5, 0.6) is 0 Å². The van der Waals surface area contributed by atoms with Crippen molar-refractivity contribution < 1.29 is 18.0 Å². The third-order valence-corrected chi connectivity index (χ3v) is 3.50. The molecule has 1 heterocycles. The number of carbonyl (C=O) groups is 1. The summed E-state index contributed by atoms with van der Waals surface area (Å²) in [7, 11) is 0. The molecule has 21 heavy (non-hydrogen) atoms. The first-order valence-corrected chi connectivity index (χ1v) is 6.91. The molecule has 0 unspecified atom stereocenters. The Morgan fingerprint density at radius 3 is 2.81 bits per heavy atom. The normalized spacial score (nSPS) is 11.4. The molecule has 0 fully saturated rings. The van der Waals surface area contributed by atoms with Gasteiger partial charge in [-0.25, -0.2) is 4.98 Å². The highest BCUT2D eigenvalue weighted by molar-refractivity contribution is 7.09. The van der Waals surface area contributed by atoms with Gasteiger partial charge < -0.3 is 11.1 Å². The number of hydrogen-bond acceptors (Lipinski definition) is 4. The van der Waals surface area contributed by atoms with Gasteiger partial charge >= 0.3 is 6.18 Å². The van der Waals surface area contributed by atoms with Crippen molar-refractivity contribution in [3.05, 3.63) is 45.9 Å². The molecule has 0 aliphatic rings. The maximum atomic E-state index is 12.6. The monoisotopic (exact) mass is 315 g/mol. The molecule has 0 bridgehead atoms. The highest BCUT2D eigenvalue weighted by atomic mass is 32.1. The summed E-state index contributed by atoms with van der Waals surface area (Å²) in [5, 5.41) is 4.66. The number of benzene rings is 1. The predicted octanol–water partition coefficient (Wildman–Crippen LogP) is 2.92. The van der Waals surface area contributed by atoms with Crippen LogP contribution in [0.4, 0.5) is 18.9 Å². The van der Waals surface area contributed by atoms with Gasteiger partial charge in [-0.1, -0.05) is 6.07 Å². The molecular weight excluding hydrogens is 303 g/mol. The van der Waals surface area contributed by atoms with E-state index in [1.54, 1.807) is 5.38 Å². The Morgan fingerprint density at radius 1 is 1.38 bits per heavy atom. The molecule has 1 aromatic carbocycles. The number of rotatable bonds is 4. The fourth-order valence-electron chi connectivity index (χ4n) is 1.62. The van der Waals surface area contributed by atoms with Crippen LogP contribution in [0.1, 0.15) is 21.1 Å². The number of hydrogen-bond donors (Lipinski definition) is 2. The van der Waals surface area contributed by atoms with Crippen molar-refractivity contribution in [1.82, 2.24) is 4.98 Å². The Balaban J connectivity index is 2.12. The van der Waals surface area contributed by atoms with Crippen LogP contribution >= 0.6 is 11.3 Å². The lowest BCUT2D eigenvalue weighted by Crippen LogP contribution is -2.14. The van der Waals surface area contributed by atoms with Crippen molar-refractivity contribution in [1.29, 1.82) is 0 Å². The van der Waals surface area contributed by atoms with Crippen LogP contribution in [-0.2, 0) is 12.6 Å². The second-order valence-corrected chi connectivity index (χ2v) is 5.14. The van der Waals surface area contributed by atoms with Crippen LogP contribution in [0.15, 0.2) is 29.6 Å². The quantitative estimate of drug-likeness (QED) is 0.911. The second-order valence-electron chi connectivity index (χ2n) is 4.20. The minimum Gasteiger partial charge on any atom is -0.330 e. The summed E-state index contributed by atoms with van der Waals surface area (Å²) in [4.78, 5) is 16.0. The number of thiazole rings is 1. The van der Waals surface area contributed by atoms with E-state index in [-0.39, 0.29) is 11.4 Å². The zero-order valence-electron chi connectivity index (χ0n) is 10.8. The van der Waals surface area contributed by atoms with Gasteiger partial charge in [-0.3, -0.25) is 4.79 Å². The molecule has 0 spiro atoms. The van der Waals surface area contributed by atoms with Crippen LogP contribution in [-0.4, -0.2) is 17.4 Å². The van der Waals surface area contributed by atoms with E-state index in [0.29, 0.717) is 18.0 Å². The average molecular weight is 315 g/mol. The van der Waals surface area contributed by atoms with Gasteiger partial charge in [0.05, 0.1) is 10.6 Å². The third kappa shape index (κ3) is 4.02. The molecule has 112 valence electrons. The van der Waals surface area contributed by atoms with Gasteiger partial charge in [0, 0.05) is 17.5 Å². The van der Waals surface area contributed by atoms with E-state index < -0.39 is 17.6 Å². The number of amides is 1. The van der Waals surface area contributed by atoms with Crippen LogP contribution in [0.2, 0.25) is 0 Å². The van der Waals surface area contributed by atoms with Gasteiger partial charge in [-0.15, -0.1) is 11.3 Å². The van der Waals surface area contributed by atoms with Crippen molar-refractivity contribution in [2.45, 2.75) is 12.6 Å². The van der Waals surface area contributed by atoms with Crippen molar-refractivity contribution >= 4 is 22.9 Å². The molecule has 1 aromatic heterocycles. The topological polar surface area (TPSA) is 68.0 Å². The molecular formula is C13H12F3N3OS. The summed E-state index contributed by atoms with van der Waals surface area (Å²) in [6, 6.07) is 4.45. The highest BCUT2D eigenvalue weighted by Gasteiger charge is 2.30. The molecule has 0 aliphatic heterocycles. The first-order valence-electron chi connectivity index (χ1n) is 6.03. The molecule has 1 amide bonds. The lowest BCUT2D eigenvalue weighted by Gasteiger charge is -2.09. The van der Waals surface area contributed by atoms with Crippen LogP contribution in [0.3, 0.4) is 0 Å². The number of alkyl halides is 3. The molecule has 4 nitrogen and oxygen atoms in total. The number of nitrogens with two attached hydrogens (primary N) is 1. The largest absolute Gasteiger partial charge is 0.416 e. The molecule has 2 aromatic rings. The smallest absolute Gasteiger partial charge is 0.330 e. The SMILES string of the molecule is NCCc1nc(C(=O)Nc2cccc(C(F)(F)F)c2)cs1. The minimum atomic E-state index is -4.45. The van der Waals surface area contributed by atoms with E-state index in [2.05, 4.69) is 10.3 Å². The molecule has 2 rings (SSSR count). The summed E-state index contributed by atoms with van der Waals surface area (Å²) in [6.45, 7) is 0.419. The third-order valence-electron chi connectivity index (χ3n) is 2.59. The summed E-state index contributed by atoms with van der Waals surface area (Å²) in [6.07, 6.45) is -3.89. The highest BCUT2D eigenvalue weighted by Crippen LogP contribution is 2.30. The number of nitrogens with one attached hydrogen (secondary N) is 1. The van der Waals surface area contributed by atoms with E-state index in [1.165, 1.54) is 23.5 Å². The van der Waals surface area contributed by atoms with Crippen LogP contribution in [0, 0.1) is 0 Å². The molecule has 0 atom stereocenters. The molecule has 0 radical (unpaired) electrons. The number of anilines is 1. The first-order chi connectivity index (χ1) is 9.90. The summed E-state index contributed by atoms with van der Waals surface area (Å²) in [5.74, 6) is -0.547. The lowest BCUT2D eigenvalue weighted by molar-refractivity contribution is -0.137. The fourth-order valence-corrected chi connectivity index (χ4v) is 2.42. The van der Waals surface area contributed by atoms with Gasteiger partial charge in [0.15, 0.2) is 0 Å². The van der Waals surface area contributed by atoms with Gasteiger partial charge in [0.1, 0.15) is 5.69 Å². The van der Waals surface area contributed by atoms with E-state index in [1.807, 2.05) is 0 Å². The first kappa shape index (κ1) is 15.5. The van der Waals surface area contributed by atoms with Crippen molar-refractivity contribution in [2.75, 3.05) is 11.9 Å². The Bertz CT molecular complexity index is 640. The standard InChI is InChI=1S/C13H12F3N3OS/c14-13(15,16)8-2-1-3-9(6-8)18-12(20)10-7-21-11(19-10)4-5-17/h1-3,6-7H,4-5,17H2,(H,18,20). The Kier molecular flexibility index (Phi) is 4.59. The van der Waals surface area contributed by atoms with Gasteiger partial charge in [-0.2, -0.15) is 13.2 Å². The molecule has 0 saturated heterocycles. The van der Waals surface area contributed by atoms with Gasteiger partial charge in [-0.05, 0) is 24.7 Å². The molecule has 8 heteroatoms. The molecule has 0 saturated carbocycles. The Hall–Kier alpha value is -1.93.